The first-order valence-electron chi connectivity index (χ1n) is 4.76. The number of rotatable bonds is 3. The van der Waals surface area contributed by atoms with Crippen molar-refractivity contribution in [1.29, 1.82) is 0 Å². The lowest BCUT2D eigenvalue weighted by atomic mass is 10.1. The average Bonchev–Trinajstić information content (AvgIpc) is 2.14. The van der Waals surface area contributed by atoms with Crippen molar-refractivity contribution in [2.75, 3.05) is 6.54 Å². The van der Waals surface area contributed by atoms with Gasteiger partial charge in [0, 0.05) is 6.54 Å². The Balaban J connectivity index is 2.74. The number of aliphatic hydroxyl groups excluding tert-OH is 1. The lowest BCUT2D eigenvalue weighted by Gasteiger charge is -2.08. The molecule has 0 saturated carbocycles. The quantitative estimate of drug-likeness (QED) is 0.690. The van der Waals surface area contributed by atoms with Gasteiger partial charge in [0.2, 0.25) is 0 Å². The van der Waals surface area contributed by atoms with E-state index >= 15 is 0 Å². The number of amides is 1. The molecular weight excluding hydrogens is 194 g/mol. The van der Waals surface area contributed by atoms with Gasteiger partial charge in [-0.1, -0.05) is 6.07 Å². The van der Waals surface area contributed by atoms with E-state index in [1.54, 1.807) is 19.1 Å². The summed E-state index contributed by atoms with van der Waals surface area (Å²) in [6, 6.07) is 4.83. The molecule has 1 aromatic carbocycles. The van der Waals surface area contributed by atoms with Crippen molar-refractivity contribution in [3.8, 4) is 5.75 Å². The Morgan fingerprint density at radius 1 is 1.53 bits per heavy atom. The summed E-state index contributed by atoms with van der Waals surface area (Å²) in [5, 5.41) is 21.0. The summed E-state index contributed by atoms with van der Waals surface area (Å²) < 4.78 is 0. The van der Waals surface area contributed by atoms with Crippen LogP contribution in [0.15, 0.2) is 18.2 Å². The number of nitrogens with one attached hydrogen (secondary N) is 1. The number of benzene rings is 1. The number of carbonyl (C=O) groups excluding carboxylic acids is 1. The SMILES string of the molecule is Cc1ccc(C(=O)NC[C@@H](C)O)c(O)c1. The molecule has 0 heterocycles. The molecule has 0 fully saturated rings. The number of aryl methyl sites for hydroxylation is 1. The molecule has 0 radical (unpaired) electrons. The van der Waals surface area contributed by atoms with E-state index in [4.69, 9.17) is 5.11 Å². The maximum absolute atomic E-state index is 11.5. The molecule has 0 saturated heterocycles. The number of hydrogen-bond acceptors (Lipinski definition) is 3. The molecule has 3 N–H and O–H groups in total. The van der Waals surface area contributed by atoms with E-state index in [0.29, 0.717) is 0 Å². The van der Waals surface area contributed by atoms with Crippen LogP contribution in [0.3, 0.4) is 0 Å². The van der Waals surface area contributed by atoms with Crippen molar-refractivity contribution < 1.29 is 15.0 Å². The van der Waals surface area contributed by atoms with Gasteiger partial charge >= 0.3 is 0 Å². The zero-order valence-electron chi connectivity index (χ0n) is 8.82. The number of carbonyl (C=O) groups is 1. The highest BCUT2D eigenvalue weighted by Crippen LogP contribution is 2.17. The molecule has 0 spiro atoms. The minimum absolute atomic E-state index is 0.0434. The van der Waals surface area contributed by atoms with E-state index in [1.807, 2.05) is 6.92 Å². The number of hydrogen-bond donors (Lipinski definition) is 3. The number of aromatic hydroxyl groups is 1. The smallest absolute Gasteiger partial charge is 0.255 e. The standard InChI is InChI=1S/C11H15NO3/c1-7-3-4-9(10(14)5-7)11(15)12-6-8(2)13/h3-5,8,13-14H,6H2,1-2H3,(H,12,15)/t8-/m1/s1. The minimum Gasteiger partial charge on any atom is -0.507 e. The van der Waals surface area contributed by atoms with E-state index in [9.17, 15) is 9.90 Å². The van der Waals surface area contributed by atoms with Crippen LogP contribution in [0.5, 0.6) is 5.75 Å². The van der Waals surface area contributed by atoms with Gasteiger partial charge in [0.1, 0.15) is 5.75 Å². The predicted octanol–water partition coefficient (Wildman–Crippen LogP) is 0.811. The van der Waals surface area contributed by atoms with Crippen LogP contribution < -0.4 is 5.32 Å². The molecule has 1 aromatic rings. The topological polar surface area (TPSA) is 69.6 Å². The number of phenolic OH excluding ortho intramolecular Hbond substituents is 1. The van der Waals surface area contributed by atoms with E-state index in [-0.39, 0.29) is 23.8 Å². The molecule has 1 amide bonds. The Morgan fingerprint density at radius 3 is 2.73 bits per heavy atom. The van der Waals surface area contributed by atoms with E-state index < -0.39 is 6.10 Å². The third-order valence-electron chi connectivity index (χ3n) is 1.96. The number of phenols is 1. The Bertz CT molecular complexity index is 361. The van der Waals surface area contributed by atoms with Crippen molar-refractivity contribution in [1.82, 2.24) is 5.32 Å². The molecule has 4 nitrogen and oxygen atoms in total. The molecule has 82 valence electrons. The van der Waals surface area contributed by atoms with Crippen LogP contribution in [-0.2, 0) is 0 Å². The van der Waals surface area contributed by atoms with Crippen molar-refractivity contribution >= 4 is 5.91 Å². The molecule has 1 rings (SSSR count). The first-order chi connectivity index (χ1) is 7.00. The molecule has 0 aromatic heterocycles. The van der Waals surface area contributed by atoms with Crippen LogP contribution >= 0.6 is 0 Å². The highest BCUT2D eigenvalue weighted by molar-refractivity contribution is 5.96. The summed E-state index contributed by atoms with van der Waals surface area (Å²) in [7, 11) is 0. The fourth-order valence-electron chi connectivity index (χ4n) is 1.17. The Hall–Kier alpha value is -1.55. The summed E-state index contributed by atoms with van der Waals surface area (Å²) in [6.45, 7) is 3.58. The molecule has 4 heteroatoms. The monoisotopic (exact) mass is 209 g/mol. The second-order valence-electron chi connectivity index (χ2n) is 3.58. The summed E-state index contributed by atoms with van der Waals surface area (Å²) in [5.74, 6) is -0.425. The fraction of sp³-hybridized carbons (Fsp3) is 0.364. The third-order valence-corrected chi connectivity index (χ3v) is 1.96. The highest BCUT2D eigenvalue weighted by Gasteiger charge is 2.10. The first kappa shape index (κ1) is 11.5. The van der Waals surface area contributed by atoms with Crippen molar-refractivity contribution in [3.05, 3.63) is 29.3 Å². The van der Waals surface area contributed by atoms with Gasteiger partial charge in [-0.15, -0.1) is 0 Å². The lowest BCUT2D eigenvalue weighted by Crippen LogP contribution is -2.30. The second-order valence-corrected chi connectivity index (χ2v) is 3.58. The summed E-state index contributed by atoms with van der Waals surface area (Å²) in [6.07, 6.45) is -0.596. The fourth-order valence-corrected chi connectivity index (χ4v) is 1.17. The summed E-state index contributed by atoms with van der Waals surface area (Å²) >= 11 is 0. The summed E-state index contributed by atoms with van der Waals surface area (Å²) in [4.78, 5) is 11.5. The van der Waals surface area contributed by atoms with Gasteiger partial charge in [0.05, 0.1) is 11.7 Å². The zero-order chi connectivity index (χ0) is 11.4. The van der Waals surface area contributed by atoms with Gasteiger partial charge in [-0.05, 0) is 31.5 Å². The van der Waals surface area contributed by atoms with Gasteiger partial charge < -0.3 is 15.5 Å². The van der Waals surface area contributed by atoms with Crippen LogP contribution in [0.4, 0.5) is 0 Å². The Kier molecular flexibility index (Phi) is 3.68. The molecule has 0 aliphatic heterocycles. The largest absolute Gasteiger partial charge is 0.507 e. The normalized spacial score (nSPS) is 12.2. The molecule has 0 aliphatic carbocycles. The van der Waals surface area contributed by atoms with Gasteiger partial charge in [0.15, 0.2) is 0 Å². The van der Waals surface area contributed by atoms with Crippen molar-refractivity contribution in [2.45, 2.75) is 20.0 Å². The molecule has 0 aliphatic rings. The van der Waals surface area contributed by atoms with E-state index in [0.717, 1.165) is 5.56 Å². The van der Waals surface area contributed by atoms with Crippen LogP contribution in [0.25, 0.3) is 0 Å². The maximum atomic E-state index is 11.5. The Morgan fingerprint density at radius 2 is 2.20 bits per heavy atom. The second kappa shape index (κ2) is 4.79. The van der Waals surface area contributed by atoms with Crippen LogP contribution in [0, 0.1) is 6.92 Å². The van der Waals surface area contributed by atoms with Crippen LogP contribution in [-0.4, -0.2) is 28.8 Å². The first-order valence-corrected chi connectivity index (χ1v) is 4.76. The zero-order valence-corrected chi connectivity index (χ0v) is 8.82. The lowest BCUT2D eigenvalue weighted by molar-refractivity contribution is 0.0921. The van der Waals surface area contributed by atoms with E-state index in [2.05, 4.69) is 5.32 Å². The third kappa shape index (κ3) is 3.25. The van der Waals surface area contributed by atoms with Crippen molar-refractivity contribution in [2.24, 2.45) is 0 Å². The molecule has 15 heavy (non-hydrogen) atoms. The minimum atomic E-state index is -0.596. The summed E-state index contributed by atoms with van der Waals surface area (Å²) in [5.41, 5.74) is 1.11. The van der Waals surface area contributed by atoms with Gasteiger partial charge in [0.25, 0.3) is 5.91 Å². The van der Waals surface area contributed by atoms with Gasteiger partial charge in [-0.3, -0.25) is 4.79 Å². The number of aliphatic hydroxyl groups is 1. The predicted molar refractivity (Wildman–Crippen MR) is 56.9 cm³/mol. The van der Waals surface area contributed by atoms with Crippen molar-refractivity contribution in [3.63, 3.8) is 0 Å². The van der Waals surface area contributed by atoms with E-state index in [1.165, 1.54) is 6.07 Å². The maximum Gasteiger partial charge on any atom is 0.255 e. The average molecular weight is 209 g/mol. The highest BCUT2D eigenvalue weighted by atomic mass is 16.3. The van der Waals surface area contributed by atoms with Crippen LogP contribution in [0.2, 0.25) is 0 Å². The van der Waals surface area contributed by atoms with Crippen LogP contribution in [0.1, 0.15) is 22.8 Å². The van der Waals surface area contributed by atoms with Gasteiger partial charge in [-0.25, -0.2) is 0 Å². The molecule has 1 atom stereocenters. The Labute approximate surface area is 88.6 Å². The molecule has 0 unspecified atom stereocenters. The molecule has 0 bridgehead atoms. The van der Waals surface area contributed by atoms with Gasteiger partial charge in [-0.2, -0.15) is 0 Å². The molecular formula is C11H15NO3.